The predicted molar refractivity (Wildman–Crippen MR) is 114 cm³/mol. The Morgan fingerprint density at radius 3 is 2.57 bits per heavy atom. The molecule has 1 fully saturated rings. The van der Waals surface area contributed by atoms with Crippen LogP contribution in [0.3, 0.4) is 0 Å². The van der Waals surface area contributed by atoms with E-state index in [1.165, 1.54) is 22.5 Å². The number of nitrogens with zero attached hydrogens (tertiary/aromatic N) is 1. The molecule has 1 N–H and O–H groups in total. The second-order valence-corrected chi connectivity index (χ2v) is 9.36. The lowest BCUT2D eigenvalue weighted by Crippen LogP contribution is -2.32. The smallest absolute Gasteiger partial charge is 0.258 e. The fourth-order valence-electron chi connectivity index (χ4n) is 3.40. The SMILES string of the molecule is COc1ccccc1[C@@H](C)NC(=O)COc1ccc(Cl)cc1S(=O)(=O)N1CCCC1. The fraction of sp³-hybridized carbons (Fsp3) is 0.381. The van der Waals surface area contributed by atoms with Gasteiger partial charge in [-0.25, -0.2) is 8.42 Å². The molecule has 162 valence electrons. The fourth-order valence-corrected chi connectivity index (χ4v) is 5.31. The highest BCUT2D eigenvalue weighted by atomic mass is 35.5. The summed E-state index contributed by atoms with van der Waals surface area (Å²) in [6.07, 6.45) is 1.64. The summed E-state index contributed by atoms with van der Waals surface area (Å²) in [7, 11) is -2.17. The molecule has 2 aromatic carbocycles. The van der Waals surface area contributed by atoms with Gasteiger partial charge >= 0.3 is 0 Å². The molecule has 2 aromatic rings. The minimum atomic E-state index is -3.74. The molecule has 0 aromatic heterocycles. The summed E-state index contributed by atoms with van der Waals surface area (Å²) in [5.41, 5.74) is 0.831. The first-order valence-corrected chi connectivity index (χ1v) is 11.5. The van der Waals surface area contributed by atoms with E-state index in [0.29, 0.717) is 18.8 Å². The number of halogens is 1. The van der Waals surface area contributed by atoms with Gasteiger partial charge in [-0.3, -0.25) is 4.79 Å². The van der Waals surface area contributed by atoms with E-state index < -0.39 is 10.0 Å². The van der Waals surface area contributed by atoms with Crippen LogP contribution in [0.4, 0.5) is 0 Å². The molecule has 7 nitrogen and oxygen atoms in total. The molecule has 1 amide bonds. The monoisotopic (exact) mass is 452 g/mol. The molecule has 0 aliphatic carbocycles. The molecule has 3 rings (SSSR count). The highest BCUT2D eigenvalue weighted by Gasteiger charge is 2.30. The van der Waals surface area contributed by atoms with Gasteiger partial charge in [0.05, 0.1) is 13.2 Å². The zero-order valence-electron chi connectivity index (χ0n) is 16.9. The van der Waals surface area contributed by atoms with Crippen molar-refractivity contribution < 1.29 is 22.7 Å². The highest BCUT2D eigenvalue weighted by molar-refractivity contribution is 7.89. The minimum absolute atomic E-state index is 0.0255. The zero-order valence-corrected chi connectivity index (χ0v) is 18.5. The van der Waals surface area contributed by atoms with Crippen molar-refractivity contribution in [3.8, 4) is 11.5 Å². The number of hydrogen-bond donors (Lipinski definition) is 1. The Labute approximate surface area is 182 Å². The number of carbonyl (C=O) groups excluding carboxylic acids is 1. The second-order valence-electron chi connectivity index (χ2n) is 7.02. The van der Waals surface area contributed by atoms with Crippen LogP contribution >= 0.6 is 11.6 Å². The number of ether oxygens (including phenoxy) is 2. The number of nitrogens with one attached hydrogen (secondary N) is 1. The summed E-state index contributed by atoms with van der Waals surface area (Å²) in [6.45, 7) is 2.43. The van der Waals surface area contributed by atoms with Crippen molar-refractivity contribution in [1.82, 2.24) is 9.62 Å². The lowest BCUT2D eigenvalue weighted by molar-refractivity contribution is -0.123. The first-order chi connectivity index (χ1) is 14.3. The molecule has 1 aliphatic rings. The number of para-hydroxylation sites is 1. The number of hydrogen-bond acceptors (Lipinski definition) is 5. The van der Waals surface area contributed by atoms with Crippen LogP contribution in [-0.4, -0.2) is 45.4 Å². The summed E-state index contributed by atoms with van der Waals surface area (Å²) in [5, 5.41) is 3.12. The van der Waals surface area contributed by atoms with Crippen molar-refractivity contribution in [3.63, 3.8) is 0 Å². The van der Waals surface area contributed by atoms with Gasteiger partial charge in [0, 0.05) is 23.7 Å². The zero-order chi connectivity index (χ0) is 21.7. The summed E-state index contributed by atoms with van der Waals surface area (Å²) in [4.78, 5) is 12.4. The van der Waals surface area contributed by atoms with Gasteiger partial charge in [-0.1, -0.05) is 29.8 Å². The number of carbonyl (C=O) groups is 1. The molecule has 0 radical (unpaired) electrons. The molecule has 30 heavy (non-hydrogen) atoms. The standard InChI is InChI=1S/C21H25ClN2O5S/c1-15(17-7-3-4-8-18(17)28-2)23-21(25)14-29-19-10-9-16(22)13-20(19)30(26,27)24-11-5-6-12-24/h3-4,7-10,13,15H,5-6,11-12,14H2,1-2H3,(H,23,25)/t15-/m1/s1. The molecule has 1 heterocycles. The van der Waals surface area contributed by atoms with Crippen LogP contribution in [0.15, 0.2) is 47.4 Å². The number of sulfonamides is 1. The van der Waals surface area contributed by atoms with Gasteiger partial charge < -0.3 is 14.8 Å². The van der Waals surface area contributed by atoms with Crippen LogP contribution in [-0.2, 0) is 14.8 Å². The number of amides is 1. The number of methoxy groups -OCH3 is 1. The van der Waals surface area contributed by atoms with Crippen molar-refractivity contribution in [2.45, 2.75) is 30.7 Å². The molecule has 9 heteroatoms. The van der Waals surface area contributed by atoms with Crippen LogP contribution in [0.5, 0.6) is 11.5 Å². The maximum absolute atomic E-state index is 13.0. The van der Waals surface area contributed by atoms with Crippen molar-refractivity contribution in [3.05, 3.63) is 53.1 Å². The van der Waals surface area contributed by atoms with Crippen molar-refractivity contribution in [2.75, 3.05) is 26.8 Å². The van der Waals surface area contributed by atoms with Gasteiger partial charge in [0.25, 0.3) is 5.91 Å². The number of rotatable bonds is 8. The van der Waals surface area contributed by atoms with E-state index in [2.05, 4.69) is 5.32 Å². The minimum Gasteiger partial charge on any atom is -0.496 e. The highest BCUT2D eigenvalue weighted by Crippen LogP contribution is 2.31. The molecule has 0 saturated carbocycles. The summed E-state index contributed by atoms with van der Waals surface area (Å²) in [6, 6.07) is 11.5. The molecule has 1 atom stereocenters. The molecule has 0 unspecified atom stereocenters. The van der Waals surface area contributed by atoms with Gasteiger partial charge in [-0.05, 0) is 44.0 Å². The molecule has 1 aliphatic heterocycles. The van der Waals surface area contributed by atoms with Crippen LogP contribution < -0.4 is 14.8 Å². The Kier molecular flexibility index (Phi) is 7.23. The van der Waals surface area contributed by atoms with E-state index in [0.717, 1.165) is 18.4 Å². The van der Waals surface area contributed by atoms with Gasteiger partial charge in [-0.2, -0.15) is 4.31 Å². The van der Waals surface area contributed by atoms with E-state index in [1.807, 2.05) is 31.2 Å². The lowest BCUT2D eigenvalue weighted by Gasteiger charge is -2.19. The van der Waals surface area contributed by atoms with E-state index in [-0.39, 0.29) is 34.2 Å². The molecule has 0 spiro atoms. The van der Waals surface area contributed by atoms with E-state index >= 15 is 0 Å². The maximum atomic E-state index is 13.0. The topological polar surface area (TPSA) is 84.9 Å². The summed E-state index contributed by atoms with van der Waals surface area (Å²) >= 11 is 6.03. The van der Waals surface area contributed by atoms with Gasteiger partial charge in [-0.15, -0.1) is 0 Å². The third-order valence-corrected chi connectivity index (χ3v) is 7.09. The lowest BCUT2D eigenvalue weighted by atomic mass is 10.1. The van der Waals surface area contributed by atoms with Gasteiger partial charge in [0.2, 0.25) is 10.0 Å². The van der Waals surface area contributed by atoms with Crippen LogP contribution in [0, 0.1) is 0 Å². The average Bonchev–Trinajstić information content (AvgIpc) is 3.28. The third kappa shape index (κ3) is 5.06. The van der Waals surface area contributed by atoms with E-state index in [4.69, 9.17) is 21.1 Å². The van der Waals surface area contributed by atoms with E-state index in [1.54, 1.807) is 7.11 Å². The Bertz CT molecular complexity index is 1010. The Morgan fingerprint density at radius 1 is 1.17 bits per heavy atom. The Morgan fingerprint density at radius 2 is 1.87 bits per heavy atom. The third-order valence-electron chi connectivity index (χ3n) is 4.93. The number of benzene rings is 2. The molecule has 1 saturated heterocycles. The Hall–Kier alpha value is -2.29. The van der Waals surface area contributed by atoms with Crippen molar-refractivity contribution >= 4 is 27.5 Å². The summed E-state index contributed by atoms with van der Waals surface area (Å²) in [5.74, 6) is 0.391. The average molecular weight is 453 g/mol. The van der Waals surface area contributed by atoms with Gasteiger partial charge in [0.1, 0.15) is 16.4 Å². The molecular weight excluding hydrogens is 428 g/mol. The largest absolute Gasteiger partial charge is 0.496 e. The predicted octanol–water partition coefficient (Wildman–Crippen LogP) is 3.39. The van der Waals surface area contributed by atoms with Crippen LogP contribution in [0.2, 0.25) is 5.02 Å². The second kappa shape index (κ2) is 9.68. The Balaban J connectivity index is 1.70. The maximum Gasteiger partial charge on any atom is 0.258 e. The first kappa shape index (κ1) is 22.4. The normalized spacial score (nSPS) is 15.6. The summed E-state index contributed by atoms with van der Waals surface area (Å²) < 4.78 is 38.2. The van der Waals surface area contributed by atoms with E-state index in [9.17, 15) is 13.2 Å². The van der Waals surface area contributed by atoms with Crippen molar-refractivity contribution in [1.29, 1.82) is 0 Å². The van der Waals surface area contributed by atoms with Gasteiger partial charge in [0.15, 0.2) is 6.61 Å². The first-order valence-electron chi connectivity index (χ1n) is 9.67. The quantitative estimate of drug-likeness (QED) is 0.663. The molecular formula is C21H25ClN2O5S. The van der Waals surface area contributed by atoms with Crippen LogP contribution in [0.25, 0.3) is 0 Å². The van der Waals surface area contributed by atoms with Crippen LogP contribution in [0.1, 0.15) is 31.4 Å². The van der Waals surface area contributed by atoms with Crippen molar-refractivity contribution in [2.24, 2.45) is 0 Å². The molecule has 0 bridgehead atoms.